The third kappa shape index (κ3) is 3.94. The smallest absolute Gasteiger partial charge is 0.272 e. The van der Waals surface area contributed by atoms with Crippen LogP contribution in [0.25, 0.3) is 11.3 Å². The van der Waals surface area contributed by atoms with Crippen LogP contribution >= 0.6 is 0 Å². The molecule has 6 nitrogen and oxygen atoms in total. The second-order valence-electron chi connectivity index (χ2n) is 7.02. The van der Waals surface area contributed by atoms with Crippen LogP contribution in [0.15, 0.2) is 54.6 Å². The van der Waals surface area contributed by atoms with E-state index in [0.717, 1.165) is 30.1 Å². The molecule has 7 heteroatoms. The Morgan fingerprint density at radius 1 is 1.00 bits per heavy atom. The van der Waals surface area contributed by atoms with E-state index in [-0.39, 0.29) is 11.7 Å². The van der Waals surface area contributed by atoms with Gasteiger partial charge in [0.2, 0.25) is 0 Å². The van der Waals surface area contributed by atoms with Gasteiger partial charge < -0.3 is 14.5 Å². The van der Waals surface area contributed by atoms with Crippen molar-refractivity contribution >= 4 is 11.6 Å². The van der Waals surface area contributed by atoms with Crippen LogP contribution in [0, 0.1) is 5.82 Å². The van der Waals surface area contributed by atoms with Gasteiger partial charge >= 0.3 is 0 Å². The summed E-state index contributed by atoms with van der Waals surface area (Å²) in [4.78, 5) is 17.1. The summed E-state index contributed by atoms with van der Waals surface area (Å²) < 4.78 is 20.0. The standard InChI is InChI=1S/C22H23FN4O2/c1-25-21(15-20(24-25)16-3-5-17(23)6-4-16)22(28)27-13-11-26(12-14-27)18-7-9-19(29-2)10-8-18/h3-10,15H,11-14H2,1-2H3. The van der Waals surface area contributed by atoms with Crippen molar-refractivity contribution in [1.29, 1.82) is 0 Å². The van der Waals surface area contributed by atoms with Crippen LogP contribution in [0.3, 0.4) is 0 Å². The van der Waals surface area contributed by atoms with Crippen molar-refractivity contribution in [2.24, 2.45) is 7.05 Å². The minimum absolute atomic E-state index is 0.0391. The predicted molar refractivity (Wildman–Crippen MR) is 110 cm³/mol. The minimum atomic E-state index is -0.296. The molecule has 0 radical (unpaired) electrons. The molecule has 1 fully saturated rings. The van der Waals surface area contributed by atoms with E-state index in [1.807, 2.05) is 29.2 Å². The van der Waals surface area contributed by atoms with Gasteiger partial charge in [-0.25, -0.2) is 4.39 Å². The molecular weight excluding hydrogens is 371 g/mol. The zero-order valence-corrected chi connectivity index (χ0v) is 16.5. The number of ether oxygens (including phenoxy) is 1. The van der Waals surface area contributed by atoms with E-state index in [2.05, 4.69) is 10.00 Å². The zero-order chi connectivity index (χ0) is 20.4. The van der Waals surface area contributed by atoms with Crippen LogP contribution < -0.4 is 9.64 Å². The molecule has 29 heavy (non-hydrogen) atoms. The SMILES string of the molecule is COc1ccc(N2CCN(C(=O)c3cc(-c4ccc(F)cc4)nn3C)CC2)cc1. The maximum Gasteiger partial charge on any atom is 0.272 e. The summed E-state index contributed by atoms with van der Waals surface area (Å²) in [7, 11) is 3.41. The molecule has 1 aromatic heterocycles. The van der Waals surface area contributed by atoms with Gasteiger partial charge in [0.05, 0.1) is 12.8 Å². The highest BCUT2D eigenvalue weighted by Gasteiger charge is 2.25. The van der Waals surface area contributed by atoms with Crippen LogP contribution in [0.1, 0.15) is 10.5 Å². The molecule has 4 rings (SSSR count). The van der Waals surface area contributed by atoms with Crippen molar-refractivity contribution in [2.75, 3.05) is 38.2 Å². The number of hydrogen-bond donors (Lipinski definition) is 0. The molecule has 0 saturated carbocycles. The summed E-state index contributed by atoms with van der Waals surface area (Å²) in [6.45, 7) is 2.81. The molecular formula is C22H23FN4O2. The van der Waals surface area contributed by atoms with E-state index in [9.17, 15) is 9.18 Å². The molecule has 1 amide bonds. The first kappa shape index (κ1) is 19.0. The van der Waals surface area contributed by atoms with Crippen molar-refractivity contribution in [3.8, 4) is 17.0 Å². The third-order valence-corrected chi connectivity index (χ3v) is 5.24. The second kappa shape index (κ2) is 7.95. The number of aryl methyl sites for hydroxylation is 1. The van der Waals surface area contributed by atoms with E-state index in [1.54, 1.807) is 37.0 Å². The van der Waals surface area contributed by atoms with Gasteiger partial charge in [0.1, 0.15) is 17.3 Å². The number of halogens is 1. The van der Waals surface area contributed by atoms with Gasteiger partial charge in [-0.3, -0.25) is 9.48 Å². The number of benzene rings is 2. The molecule has 1 aliphatic heterocycles. The molecule has 2 aromatic carbocycles. The van der Waals surface area contributed by atoms with Gasteiger partial charge in [-0.1, -0.05) is 0 Å². The molecule has 1 saturated heterocycles. The molecule has 0 spiro atoms. The fourth-order valence-corrected chi connectivity index (χ4v) is 3.55. The number of methoxy groups -OCH3 is 1. The summed E-state index contributed by atoms with van der Waals surface area (Å²) in [5, 5.41) is 4.43. The van der Waals surface area contributed by atoms with Gasteiger partial charge in [-0.15, -0.1) is 0 Å². The average Bonchev–Trinajstić information content (AvgIpc) is 3.15. The summed E-state index contributed by atoms with van der Waals surface area (Å²) in [5.74, 6) is 0.495. The first-order valence-electron chi connectivity index (χ1n) is 9.53. The number of anilines is 1. The predicted octanol–water partition coefficient (Wildman–Crippen LogP) is 3.20. The van der Waals surface area contributed by atoms with Crippen LogP contribution in [-0.2, 0) is 7.05 Å². The Bertz CT molecular complexity index is 991. The molecule has 0 bridgehead atoms. The topological polar surface area (TPSA) is 50.6 Å². The Kier molecular flexibility index (Phi) is 5.20. The highest BCUT2D eigenvalue weighted by molar-refractivity contribution is 5.94. The van der Waals surface area contributed by atoms with Gasteiger partial charge in [0.15, 0.2) is 0 Å². The lowest BCUT2D eigenvalue weighted by Crippen LogP contribution is -2.49. The first-order valence-corrected chi connectivity index (χ1v) is 9.53. The van der Waals surface area contributed by atoms with Crippen molar-refractivity contribution < 1.29 is 13.9 Å². The highest BCUT2D eigenvalue weighted by Crippen LogP contribution is 2.23. The Hall–Kier alpha value is -3.35. The quantitative estimate of drug-likeness (QED) is 0.682. The van der Waals surface area contributed by atoms with Gasteiger partial charge in [0, 0.05) is 44.5 Å². The van der Waals surface area contributed by atoms with Crippen molar-refractivity contribution in [2.45, 2.75) is 0 Å². The molecule has 0 atom stereocenters. The number of hydrogen-bond acceptors (Lipinski definition) is 4. The summed E-state index contributed by atoms with van der Waals surface area (Å²) >= 11 is 0. The first-order chi connectivity index (χ1) is 14.0. The fourth-order valence-electron chi connectivity index (χ4n) is 3.55. The Balaban J connectivity index is 1.43. The van der Waals surface area contributed by atoms with Gasteiger partial charge in [-0.05, 0) is 54.6 Å². The van der Waals surface area contributed by atoms with Gasteiger partial charge in [-0.2, -0.15) is 5.10 Å². The number of aromatic nitrogens is 2. The number of carbonyl (C=O) groups excluding carboxylic acids is 1. The van der Waals surface area contributed by atoms with E-state index < -0.39 is 0 Å². The molecule has 0 unspecified atom stereocenters. The molecule has 2 heterocycles. The summed E-state index contributed by atoms with van der Waals surface area (Å²) in [6, 6.07) is 15.8. The third-order valence-electron chi connectivity index (χ3n) is 5.24. The van der Waals surface area contributed by atoms with Crippen molar-refractivity contribution in [3.05, 3.63) is 66.1 Å². The highest BCUT2D eigenvalue weighted by atomic mass is 19.1. The maximum atomic E-state index is 13.2. The summed E-state index contributed by atoms with van der Waals surface area (Å²) in [5.41, 5.74) is 3.09. The number of piperazine rings is 1. The lowest BCUT2D eigenvalue weighted by atomic mass is 10.1. The normalized spacial score (nSPS) is 14.2. The molecule has 0 aliphatic carbocycles. The van der Waals surface area contributed by atoms with E-state index >= 15 is 0 Å². The van der Waals surface area contributed by atoms with Crippen molar-refractivity contribution in [3.63, 3.8) is 0 Å². The second-order valence-corrected chi connectivity index (χ2v) is 7.02. The zero-order valence-electron chi connectivity index (χ0n) is 16.5. The van der Waals surface area contributed by atoms with E-state index in [0.29, 0.717) is 24.5 Å². The number of carbonyl (C=O) groups is 1. The number of nitrogens with zero attached hydrogens (tertiary/aromatic N) is 4. The fraction of sp³-hybridized carbons (Fsp3) is 0.273. The number of rotatable bonds is 4. The molecule has 1 aliphatic rings. The largest absolute Gasteiger partial charge is 0.497 e. The lowest BCUT2D eigenvalue weighted by Gasteiger charge is -2.36. The van der Waals surface area contributed by atoms with Crippen LogP contribution in [-0.4, -0.2) is 53.9 Å². The van der Waals surface area contributed by atoms with Crippen LogP contribution in [0.2, 0.25) is 0 Å². The Morgan fingerprint density at radius 2 is 1.66 bits per heavy atom. The van der Waals surface area contributed by atoms with Gasteiger partial charge in [0.25, 0.3) is 5.91 Å². The van der Waals surface area contributed by atoms with Crippen molar-refractivity contribution in [1.82, 2.24) is 14.7 Å². The maximum absolute atomic E-state index is 13.2. The molecule has 0 N–H and O–H groups in total. The lowest BCUT2D eigenvalue weighted by molar-refractivity contribution is 0.0735. The van der Waals surface area contributed by atoms with E-state index in [4.69, 9.17) is 4.74 Å². The average molecular weight is 394 g/mol. The summed E-state index contributed by atoms with van der Waals surface area (Å²) in [6.07, 6.45) is 0. The Labute approximate surface area is 169 Å². The molecule has 150 valence electrons. The van der Waals surface area contributed by atoms with E-state index in [1.165, 1.54) is 12.1 Å². The monoisotopic (exact) mass is 394 g/mol. The Morgan fingerprint density at radius 3 is 2.28 bits per heavy atom. The minimum Gasteiger partial charge on any atom is -0.497 e. The van der Waals surface area contributed by atoms with Crippen LogP contribution in [0.5, 0.6) is 5.75 Å². The van der Waals surface area contributed by atoms with Crippen LogP contribution in [0.4, 0.5) is 10.1 Å². The molecule has 3 aromatic rings. The number of amides is 1.